The first kappa shape index (κ1) is 20.0. The summed E-state index contributed by atoms with van der Waals surface area (Å²) in [5, 5.41) is 0. The van der Waals surface area contributed by atoms with Crippen molar-refractivity contribution in [2.75, 3.05) is 0 Å². The molecule has 1 aromatic rings. The first-order valence-corrected chi connectivity index (χ1v) is 9.05. The van der Waals surface area contributed by atoms with Crippen molar-refractivity contribution in [3.8, 4) is 0 Å². The lowest BCUT2D eigenvalue weighted by atomic mass is 9.76. The van der Waals surface area contributed by atoms with E-state index in [1.165, 1.54) is 5.56 Å². The maximum Gasteiger partial charge on any atom is 0.490 e. The molecule has 2 rings (SSSR count). The minimum Gasteiger partial charge on any atom is -0.400 e. The van der Waals surface area contributed by atoms with Gasteiger partial charge in [-0.2, -0.15) is 0 Å². The maximum absolute atomic E-state index is 6.14. The van der Waals surface area contributed by atoms with Crippen LogP contribution in [0.4, 0.5) is 0 Å². The number of ether oxygens (including phenoxy) is 1. The van der Waals surface area contributed by atoms with Crippen LogP contribution in [0.25, 0.3) is 0 Å². The molecule has 1 saturated heterocycles. The Bertz CT molecular complexity index is 564. The van der Waals surface area contributed by atoms with Crippen molar-refractivity contribution in [2.24, 2.45) is 0 Å². The minimum absolute atomic E-state index is 0.0738. The average Bonchev–Trinajstić information content (AvgIpc) is 2.79. The summed E-state index contributed by atoms with van der Waals surface area (Å²) in [6, 6.07) is 10.2. The molecule has 0 aromatic heterocycles. The first-order chi connectivity index (χ1) is 11.7. The predicted molar refractivity (Wildman–Crippen MR) is 104 cm³/mol. The van der Waals surface area contributed by atoms with Crippen LogP contribution in [0.1, 0.15) is 52.5 Å². The van der Waals surface area contributed by atoms with Crippen LogP contribution in [0.15, 0.2) is 55.0 Å². The Morgan fingerprint density at radius 3 is 2.32 bits per heavy atom. The first-order valence-electron chi connectivity index (χ1n) is 9.05. The Morgan fingerprint density at radius 2 is 1.76 bits per heavy atom. The molecule has 4 heteroatoms. The molecule has 0 amide bonds. The molecule has 1 fully saturated rings. The second kappa shape index (κ2) is 8.35. The van der Waals surface area contributed by atoms with Gasteiger partial charge in [-0.15, -0.1) is 13.2 Å². The van der Waals surface area contributed by atoms with Gasteiger partial charge in [0.25, 0.3) is 0 Å². The van der Waals surface area contributed by atoms with Crippen molar-refractivity contribution in [2.45, 2.75) is 70.9 Å². The van der Waals surface area contributed by atoms with Crippen molar-refractivity contribution in [1.29, 1.82) is 0 Å². The predicted octanol–water partition coefficient (Wildman–Crippen LogP) is 5.12. The lowest BCUT2D eigenvalue weighted by molar-refractivity contribution is 0.00578. The molecule has 0 spiro atoms. The van der Waals surface area contributed by atoms with E-state index in [9.17, 15) is 0 Å². The van der Waals surface area contributed by atoms with Crippen LogP contribution in [-0.4, -0.2) is 24.4 Å². The van der Waals surface area contributed by atoms with Crippen molar-refractivity contribution in [3.05, 3.63) is 60.6 Å². The summed E-state index contributed by atoms with van der Waals surface area (Å²) in [7, 11) is -0.378. The minimum atomic E-state index is -0.378. The summed E-state index contributed by atoms with van der Waals surface area (Å²) >= 11 is 0. The third-order valence-electron chi connectivity index (χ3n) is 5.10. The number of benzene rings is 1. The molecule has 1 aromatic carbocycles. The molecule has 0 bridgehead atoms. The molecule has 1 aliphatic heterocycles. The molecule has 0 N–H and O–H groups in total. The van der Waals surface area contributed by atoms with Crippen LogP contribution >= 0.6 is 0 Å². The van der Waals surface area contributed by atoms with E-state index in [4.69, 9.17) is 14.0 Å². The van der Waals surface area contributed by atoms with Gasteiger partial charge in [0.1, 0.15) is 0 Å². The van der Waals surface area contributed by atoms with Crippen molar-refractivity contribution >= 4 is 7.12 Å². The summed E-state index contributed by atoms with van der Waals surface area (Å²) < 4.78 is 18.3. The highest BCUT2D eigenvalue weighted by atomic mass is 16.7. The van der Waals surface area contributed by atoms with Crippen LogP contribution in [-0.2, 0) is 20.7 Å². The van der Waals surface area contributed by atoms with Gasteiger partial charge >= 0.3 is 7.12 Å². The molecule has 1 atom stereocenters. The van der Waals surface area contributed by atoms with E-state index in [0.29, 0.717) is 6.61 Å². The molecule has 1 unspecified atom stereocenters. The van der Waals surface area contributed by atoms with Crippen LogP contribution < -0.4 is 0 Å². The normalized spacial score (nSPS) is 19.6. The lowest BCUT2D eigenvalue weighted by Gasteiger charge is -2.32. The molecule has 136 valence electrons. The fourth-order valence-corrected chi connectivity index (χ4v) is 2.73. The lowest BCUT2D eigenvalue weighted by Crippen LogP contribution is -2.41. The average molecular weight is 342 g/mol. The Balaban J connectivity index is 1.94. The summed E-state index contributed by atoms with van der Waals surface area (Å²) in [4.78, 5) is 0. The number of allylic oxidation sites excluding steroid dienone is 1. The van der Waals surface area contributed by atoms with Gasteiger partial charge in [-0.25, -0.2) is 0 Å². The Morgan fingerprint density at radius 1 is 1.16 bits per heavy atom. The van der Waals surface area contributed by atoms with Crippen LogP contribution in [0.3, 0.4) is 0 Å². The Hall–Kier alpha value is -1.36. The topological polar surface area (TPSA) is 27.7 Å². The second-order valence-corrected chi connectivity index (χ2v) is 7.74. The number of hydrogen-bond acceptors (Lipinski definition) is 3. The van der Waals surface area contributed by atoms with E-state index in [1.54, 1.807) is 0 Å². The van der Waals surface area contributed by atoms with Crippen LogP contribution in [0.2, 0.25) is 0 Å². The second-order valence-electron chi connectivity index (χ2n) is 7.74. The van der Waals surface area contributed by atoms with Crippen molar-refractivity contribution < 1.29 is 14.0 Å². The molecule has 3 nitrogen and oxygen atoms in total. The molecule has 1 aliphatic rings. The van der Waals surface area contributed by atoms with Gasteiger partial charge in [0.05, 0.1) is 23.9 Å². The summed E-state index contributed by atoms with van der Waals surface area (Å²) in [6.07, 6.45) is 4.54. The zero-order chi connectivity index (χ0) is 18.5. The molecule has 0 radical (unpaired) electrons. The van der Waals surface area contributed by atoms with Crippen molar-refractivity contribution in [1.82, 2.24) is 0 Å². The van der Waals surface area contributed by atoms with Gasteiger partial charge in [0.15, 0.2) is 0 Å². The highest BCUT2D eigenvalue weighted by Gasteiger charge is 2.52. The molecule has 1 heterocycles. The zero-order valence-electron chi connectivity index (χ0n) is 16.1. The monoisotopic (exact) mass is 342 g/mol. The zero-order valence-corrected chi connectivity index (χ0v) is 16.1. The highest BCUT2D eigenvalue weighted by Crippen LogP contribution is 2.39. The fraction of sp³-hybridized carbons (Fsp3) is 0.524. The largest absolute Gasteiger partial charge is 0.490 e. The quantitative estimate of drug-likeness (QED) is 0.461. The highest BCUT2D eigenvalue weighted by molar-refractivity contribution is 6.54. The van der Waals surface area contributed by atoms with Gasteiger partial charge in [-0.05, 0) is 58.0 Å². The van der Waals surface area contributed by atoms with Gasteiger partial charge in [0.2, 0.25) is 0 Å². The number of hydrogen-bond donors (Lipinski definition) is 0. The summed E-state index contributed by atoms with van der Waals surface area (Å²) in [5.41, 5.74) is 1.41. The fourth-order valence-electron chi connectivity index (χ4n) is 2.73. The third kappa shape index (κ3) is 5.31. The molecule has 0 aliphatic carbocycles. The van der Waals surface area contributed by atoms with E-state index in [2.05, 4.69) is 53.0 Å². The van der Waals surface area contributed by atoms with E-state index in [-0.39, 0.29) is 24.4 Å². The third-order valence-corrected chi connectivity index (χ3v) is 5.10. The smallest absolute Gasteiger partial charge is 0.400 e. The molecular formula is C21H31BO3. The van der Waals surface area contributed by atoms with Crippen LogP contribution in [0, 0.1) is 0 Å². The van der Waals surface area contributed by atoms with Gasteiger partial charge < -0.3 is 14.0 Å². The summed E-state index contributed by atoms with van der Waals surface area (Å²) in [6.45, 7) is 16.9. The SMILES string of the molecule is C=CCCC(CC(=C)B1OC(C)(C)C(C)(C)O1)OCc1ccccc1. The Labute approximate surface area is 153 Å². The van der Waals surface area contributed by atoms with E-state index in [0.717, 1.165) is 24.7 Å². The number of rotatable bonds is 9. The summed E-state index contributed by atoms with van der Waals surface area (Å²) in [5.74, 6) is 0. The molecule has 0 saturated carbocycles. The maximum atomic E-state index is 6.14. The van der Waals surface area contributed by atoms with E-state index in [1.807, 2.05) is 24.3 Å². The van der Waals surface area contributed by atoms with Crippen LogP contribution in [0.5, 0.6) is 0 Å². The van der Waals surface area contributed by atoms with E-state index < -0.39 is 0 Å². The molecule has 25 heavy (non-hydrogen) atoms. The molecular weight excluding hydrogens is 311 g/mol. The van der Waals surface area contributed by atoms with Gasteiger partial charge in [0, 0.05) is 0 Å². The van der Waals surface area contributed by atoms with Crippen molar-refractivity contribution in [3.63, 3.8) is 0 Å². The Kier molecular flexibility index (Phi) is 6.67. The van der Waals surface area contributed by atoms with Gasteiger partial charge in [-0.3, -0.25) is 0 Å². The standard InChI is InChI=1S/C21H31BO3/c1-7-8-14-19(23-16-18-12-10-9-11-13-18)15-17(2)22-24-20(3,4)21(5,6)25-22/h7,9-13,19H,1-2,8,14-16H2,3-6H3. The van der Waals surface area contributed by atoms with E-state index >= 15 is 0 Å². The van der Waals surface area contributed by atoms with Gasteiger partial charge in [-0.1, -0.05) is 36.4 Å².